The SMILES string of the molecule is N[C@@H](COP(=O)(O)OCCCOC(=O)CCc1ccccc1OCc1cccc(Oc2ccccc2)c1)C(=O)O. The molecule has 3 aromatic carbocycles. The van der Waals surface area contributed by atoms with Crippen molar-refractivity contribution < 1.29 is 47.4 Å². The molecule has 40 heavy (non-hydrogen) atoms. The topological polar surface area (TPSA) is 164 Å². The maximum Gasteiger partial charge on any atom is 0.472 e. The zero-order valence-corrected chi connectivity index (χ0v) is 22.6. The number of carboxylic acids is 1. The molecule has 0 fully saturated rings. The smallest absolute Gasteiger partial charge is 0.472 e. The van der Waals surface area contributed by atoms with E-state index in [0.29, 0.717) is 24.5 Å². The molecule has 214 valence electrons. The van der Waals surface area contributed by atoms with Crippen LogP contribution in [-0.4, -0.2) is 47.8 Å². The van der Waals surface area contributed by atoms with E-state index >= 15 is 0 Å². The lowest BCUT2D eigenvalue weighted by Crippen LogP contribution is -2.34. The Hall–Kier alpha value is -3.73. The van der Waals surface area contributed by atoms with Gasteiger partial charge in [-0.25, -0.2) is 4.57 Å². The number of aliphatic carboxylic acids is 1. The van der Waals surface area contributed by atoms with Crippen LogP contribution in [0.5, 0.6) is 17.2 Å². The summed E-state index contributed by atoms with van der Waals surface area (Å²) in [5, 5.41) is 8.66. The highest BCUT2D eigenvalue weighted by atomic mass is 31.2. The highest BCUT2D eigenvalue weighted by Gasteiger charge is 2.24. The van der Waals surface area contributed by atoms with E-state index in [1.54, 1.807) is 0 Å². The highest BCUT2D eigenvalue weighted by molar-refractivity contribution is 7.47. The number of ether oxygens (including phenoxy) is 3. The number of hydrogen-bond acceptors (Lipinski definition) is 9. The van der Waals surface area contributed by atoms with Crippen LogP contribution in [-0.2, 0) is 41.0 Å². The number of rotatable bonds is 17. The Morgan fingerprint density at radius 3 is 2.40 bits per heavy atom. The van der Waals surface area contributed by atoms with Gasteiger partial charge in [-0.1, -0.05) is 48.5 Å². The van der Waals surface area contributed by atoms with Crippen molar-refractivity contribution in [2.45, 2.75) is 31.9 Å². The molecule has 0 heterocycles. The number of aryl methyl sites for hydroxylation is 1. The van der Waals surface area contributed by atoms with Crippen LogP contribution in [0.2, 0.25) is 0 Å². The van der Waals surface area contributed by atoms with Gasteiger partial charge in [-0.2, -0.15) is 0 Å². The number of carboxylic acid groups (broad SMARTS) is 1. The average Bonchev–Trinajstić information content (AvgIpc) is 2.94. The molecule has 0 bridgehead atoms. The highest BCUT2D eigenvalue weighted by Crippen LogP contribution is 2.43. The number of hydrogen-bond donors (Lipinski definition) is 3. The van der Waals surface area contributed by atoms with Gasteiger partial charge < -0.3 is 29.9 Å². The van der Waals surface area contributed by atoms with E-state index < -0.39 is 32.4 Å². The van der Waals surface area contributed by atoms with E-state index in [4.69, 9.17) is 29.6 Å². The number of esters is 1. The molecule has 1 unspecified atom stereocenters. The van der Waals surface area contributed by atoms with E-state index in [-0.39, 0.29) is 26.1 Å². The first-order valence-electron chi connectivity index (χ1n) is 12.5. The van der Waals surface area contributed by atoms with Crippen LogP contribution >= 0.6 is 7.82 Å². The number of benzene rings is 3. The lowest BCUT2D eigenvalue weighted by atomic mass is 10.1. The van der Waals surface area contributed by atoms with Gasteiger partial charge in [-0.15, -0.1) is 0 Å². The normalized spacial score (nSPS) is 13.2. The van der Waals surface area contributed by atoms with Crippen molar-refractivity contribution in [2.24, 2.45) is 5.73 Å². The molecule has 0 spiro atoms. The minimum Gasteiger partial charge on any atom is -0.489 e. The zero-order chi connectivity index (χ0) is 28.8. The van der Waals surface area contributed by atoms with Gasteiger partial charge in [0.2, 0.25) is 0 Å². The van der Waals surface area contributed by atoms with Crippen molar-refractivity contribution in [3.05, 3.63) is 90.0 Å². The Kier molecular flexibility index (Phi) is 12.1. The van der Waals surface area contributed by atoms with Gasteiger partial charge in [0.05, 0.1) is 19.8 Å². The quantitative estimate of drug-likeness (QED) is 0.119. The molecule has 3 rings (SSSR count). The standard InChI is InChI=1S/C28H32NO10P/c29-25(28(31)32)20-38-40(33,34)37-17-7-16-35-27(30)15-14-22-9-4-5-13-26(22)36-19-21-8-6-12-24(18-21)39-23-10-2-1-3-11-23/h1-6,8-13,18,25H,7,14-17,19-20,29H2,(H,31,32)(H,33,34)/t25-/m0/s1. The molecule has 0 radical (unpaired) electrons. The Balaban J connectivity index is 1.38. The zero-order valence-electron chi connectivity index (χ0n) is 21.7. The van der Waals surface area contributed by atoms with Crippen molar-refractivity contribution >= 4 is 19.8 Å². The summed E-state index contributed by atoms with van der Waals surface area (Å²) in [7, 11) is -4.46. The van der Waals surface area contributed by atoms with E-state index in [1.807, 2.05) is 78.9 Å². The fourth-order valence-corrected chi connectivity index (χ4v) is 4.14. The number of nitrogens with two attached hydrogens (primary N) is 1. The second-order valence-corrected chi connectivity index (χ2v) is 10.0. The Bertz CT molecular complexity index is 1290. The largest absolute Gasteiger partial charge is 0.489 e. The van der Waals surface area contributed by atoms with Gasteiger partial charge >= 0.3 is 19.8 Å². The molecule has 0 aliphatic heterocycles. The van der Waals surface area contributed by atoms with Crippen molar-refractivity contribution in [1.29, 1.82) is 0 Å². The molecule has 0 aliphatic rings. The Morgan fingerprint density at radius 2 is 1.62 bits per heavy atom. The molecule has 12 heteroatoms. The Labute approximate surface area is 232 Å². The molecule has 11 nitrogen and oxygen atoms in total. The molecule has 3 aromatic rings. The van der Waals surface area contributed by atoms with Gasteiger partial charge in [0.25, 0.3) is 0 Å². The molecule has 0 amide bonds. The fourth-order valence-electron chi connectivity index (χ4n) is 3.35. The second kappa shape index (κ2) is 15.8. The predicted octanol–water partition coefficient (Wildman–Crippen LogP) is 4.47. The van der Waals surface area contributed by atoms with Crippen LogP contribution in [0, 0.1) is 0 Å². The van der Waals surface area contributed by atoms with Crippen molar-refractivity contribution in [3.8, 4) is 17.2 Å². The Morgan fingerprint density at radius 1 is 0.900 bits per heavy atom. The van der Waals surface area contributed by atoms with Crippen LogP contribution in [0.3, 0.4) is 0 Å². The molecule has 0 aliphatic carbocycles. The monoisotopic (exact) mass is 573 g/mol. The molecule has 0 aromatic heterocycles. The number of phosphoric acid groups is 1. The third-order valence-corrected chi connectivity index (χ3v) is 6.37. The summed E-state index contributed by atoms with van der Waals surface area (Å²) in [6.45, 7) is -0.642. The minimum atomic E-state index is -4.46. The first kappa shape index (κ1) is 30.8. The summed E-state index contributed by atoms with van der Waals surface area (Å²) in [6.07, 6.45) is 0.639. The summed E-state index contributed by atoms with van der Waals surface area (Å²) >= 11 is 0. The number of carbonyl (C=O) groups excluding carboxylic acids is 1. The summed E-state index contributed by atoms with van der Waals surface area (Å²) in [5.41, 5.74) is 6.97. The van der Waals surface area contributed by atoms with E-state index in [1.165, 1.54) is 0 Å². The molecule has 2 atom stereocenters. The molecular weight excluding hydrogens is 541 g/mol. The number of phosphoric ester groups is 1. The fraction of sp³-hybridized carbons (Fsp3) is 0.286. The summed E-state index contributed by atoms with van der Waals surface area (Å²) in [5.74, 6) is 0.271. The van der Waals surface area contributed by atoms with Gasteiger partial charge in [-0.05, 0) is 47.9 Å². The van der Waals surface area contributed by atoms with E-state index in [9.17, 15) is 19.0 Å². The minimum absolute atomic E-state index is 0.0347. The van der Waals surface area contributed by atoms with Crippen LogP contribution in [0.1, 0.15) is 24.0 Å². The number of carbonyl (C=O) groups is 2. The molecule has 0 saturated carbocycles. The number of para-hydroxylation sites is 2. The lowest BCUT2D eigenvalue weighted by Gasteiger charge is -2.14. The third kappa shape index (κ3) is 11.2. The third-order valence-electron chi connectivity index (χ3n) is 5.38. The first-order chi connectivity index (χ1) is 19.2. The van der Waals surface area contributed by atoms with Crippen LogP contribution in [0.4, 0.5) is 0 Å². The molecule has 0 saturated heterocycles. The predicted molar refractivity (Wildman–Crippen MR) is 145 cm³/mol. The summed E-state index contributed by atoms with van der Waals surface area (Å²) in [6, 6.07) is 23.1. The molecular formula is C28H32NO10P. The van der Waals surface area contributed by atoms with Crippen LogP contribution in [0.25, 0.3) is 0 Å². The summed E-state index contributed by atoms with van der Waals surface area (Å²) in [4.78, 5) is 32.3. The summed E-state index contributed by atoms with van der Waals surface area (Å²) < 4.78 is 38.0. The van der Waals surface area contributed by atoms with Crippen LogP contribution < -0.4 is 15.2 Å². The maximum atomic E-state index is 12.2. The van der Waals surface area contributed by atoms with Crippen molar-refractivity contribution in [2.75, 3.05) is 19.8 Å². The molecule has 4 N–H and O–H groups in total. The van der Waals surface area contributed by atoms with Crippen molar-refractivity contribution in [3.63, 3.8) is 0 Å². The van der Waals surface area contributed by atoms with Gasteiger partial charge in [0, 0.05) is 12.8 Å². The van der Waals surface area contributed by atoms with Gasteiger partial charge in [0.15, 0.2) is 0 Å². The average molecular weight is 574 g/mol. The van der Waals surface area contributed by atoms with Crippen LogP contribution in [0.15, 0.2) is 78.9 Å². The van der Waals surface area contributed by atoms with E-state index in [2.05, 4.69) is 4.52 Å². The second-order valence-electron chi connectivity index (χ2n) is 8.58. The first-order valence-corrected chi connectivity index (χ1v) is 14.0. The van der Waals surface area contributed by atoms with Gasteiger partial charge in [0.1, 0.15) is 29.9 Å². The van der Waals surface area contributed by atoms with E-state index in [0.717, 1.165) is 16.9 Å². The van der Waals surface area contributed by atoms with Gasteiger partial charge in [-0.3, -0.25) is 18.6 Å². The lowest BCUT2D eigenvalue weighted by molar-refractivity contribution is -0.143. The maximum absolute atomic E-state index is 12.2. The van der Waals surface area contributed by atoms with Crippen molar-refractivity contribution in [1.82, 2.24) is 0 Å².